The van der Waals surface area contributed by atoms with E-state index in [0.29, 0.717) is 11.3 Å². The maximum Gasteiger partial charge on any atom is 0.184 e. The van der Waals surface area contributed by atoms with Crippen molar-refractivity contribution in [1.82, 2.24) is 0 Å². The third kappa shape index (κ3) is 1.45. The molecule has 1 heterocycles. The zero-order valence-corrected chi connectivity index (χ0v) is 11.7. The number of hydrogen-bond donors (Lipinski definition) is 1. The summed E-state index contributed by atoms with van der Waals surface area (Å²) in [5, 5.41) is 0. The van der Waals surface area contributed by atoms with Gasteiger partial charge in [-0.15, -0.1) is 0 Å². The summed E-state index contributed by atoms with van der Waals surface area (Å²) in [7, 11) is -3.21. The van der Waals surface area contributed by atoms with Crippen molar-refractivity contribution in [3.63, 3.8) is 0 Å². The second kappa shape index (κ2) is 3.56. The fraction of sp³-hybridized carbons (Fsp3) is 0.500. The van der Waals surface area contributed by atoms with Crippen molar-refractivity contribution in [2.75, 3.05) is 0 Å². The average Bonchev–Trinajstić information content (AvgIpc) is 2.21. The van der Waals surface area contributed by atoms with Crippen LogP contribution in [-0.4, -0.2) is 13.2 Å². The van der Waals surface area contributed by atoms with Crippen LogP contribution in [0, 0.1) is 0 Å². The predicted octanol–water partition coefficient (Wildman–Crippen LogP) is 2.55. The molecule has 1 aromatic rings. The second-order valence-corrected chi connectivity index (χ2v) is 8.26. The van der Waals surface area contributed by atoms with E-state index < -0.39 is 14.6 Å². The Hall–Kier alpha value is -0.390. The van der Waals surface area contributed by atoms with Gasteiger partial charge in [-0.3, -0.25) is 0 Å². The molecule has 1 aliphatic heterocycles. The van der Waals surface area contributed by atoms with E-state index in [9.17, 15) is 8.42 Å². The van der Waals surface area contributed by atoms with E-state index in [1.807, 2.05) is 12.1 Å². The smallest absolute Gasteiger partial charge is 0.184 e. The van der Waals surface area contributed by atoms with Crippen LogP contribution in [0.15, 0.2) is 27.6 Å². The van der Waals surface area contributed by atoms with E-state index in [1.165, 1.54) is 0 Å². The number of sulfone groups is 1. The van der Waals surface area contributed by atoms with Crippen LogP contribution < -0.4 is 5.73 Å². The molecular formula is C12H14BrNO2S. The van der Waals surface area contributed by atoms with Crippen molar-refractivity contribution in [2.24, 2.45) is 5.73 Å². The highest BCUT2D eigenvalue weighted by Gasteiger charge is 2.53. The Bertz CT molecular complexity index is 578. The number of benzene rings is 1. The third-order valence-corrected chi connectivity index (χ3v) is 7.23. The van der Waals surface area contributed by atoms with Gasteiger partial charge in [-0.05, 0) is 37.0 Å². The molecule has 3 rings (SSSR count). The monoisotopic (exact) mass is 315 g/mol. The van der Waals surface area contributed by atoms with Gasteiger partial charge in [0, 0.05) is 10.5 Å². The molecule has 2 aliphatic rings. The first-order valence-corrected chi connectivity index (χ1v) is 8.04. The molecule has 0 unspecified atom stereocenters. The maximum absolute atomic E-state index is 12.6. The fourth-order valence-corrected chi connectivity index (χ4v) is 5.96. The molecule has 17 heavy (non-hydrogen) atoms. The van der Waals surface area contributed by atoms with Crippen LogP contribution in [0.25, 0.3) is 0 Å². The minimum Gasteiger partial charge on any atom is -0.324 e. The summed E-state index contributed by atoms with van der Waals surface area (Å²) in [6.45, 7) is 0. The molecule has 1 aromatic carbocycles. The van der Waals surface area contributed by atoms with Gasteiger partial charge in [0.1, 0.15) is 0 Å². The van der Waals surface area contributed by atoms with Gasteiger partial charge in [0.2, 0.25) is 0 Å². The lowest BCUT2D eigenvalue weighted by molar-refractivity contribution is 0.290. The molecule has 5 heteroatoms. The Morgan fingerprint density at radius 1 is 1.35 bits per heavy atom. The average molecular weight is 316 g/mol. The lowest BCUT2D eigenvalue weighted by Gasteiger charge is -2.46. The van der Waals surface area contributed by atoms with Crippen molar-refractivity contribution < 1.29 is 8.42 Å². The molecular weight excluding hydrogens is 302 g/mol. The van der Waals surface area contributed by atoms with Gasteiger partial charge in [0.05, 0.1) is 9.64 Å². The SMILES string of the molecule is N[C@@H]1CC2(CCC2)S(=O)(=O)c2cc(Br)ccc21. The van der Waals surface area contributed by atoms with E-state index in [1.54, 1.807) is 6.07 Å². The number of hydrogen-bond acceptors (Lipinski definition) is 3. The molecule has 0 bridgehead atoms. The van der Waals surface area contributed by atoms with Gasteiger partial charge in [0.25, 0.3) is 0 Å². The molecule has 1 fully saturated rings. The Morgan fingerprint density at radius 2 is 2.06 bits per heavy atom. The minimum absolute atomic E-state index is 0.151. The fourth-order valence-electron chi connectivity index (χ4n) is 2.94. The minimum atomic E-state index is -3.21. The molecule has 1 atom stereocenters. The summed E-state index contributed by atoms with van der Waals surface area (Å²) in [5.74, 6) is 0. The summed E-state index contributed by atoms with van der Waals surface area (Å²) >= 11 is 3.33. The molecule has 0 radical (unpaired) electrons. The Morgan fingerprint density at radius 3 is 2.65 bits per heavy atom. The van der Waals surface area contributed by atoms with Gasteiger partial charge in [-0.1, -0.05) is 28.4 Å². The number of nitrogens with two attached hydrogens (primary N) is 1. The van der Waals surface area contributed by atoms with Gasteiger partial charge in [-0.25, -0.2) is 8.42 Å². The van der Waals surface area contributed by atoms with Crippen LogP contribution in [0.3, 0.4) is 0 Å². The lowest BCUT2D eigenvalue weighted by atomic mass is 9.78. The zero-order chi connectivity index (χ0) is 12.3. The lowest BCUT2D eigenvalue weighted by Crippen LogP contribution is -2.50. The topological polar surface area (TPSA) is 60.2 Å². The molecule has 1 spiro atoms. The van der Waals surface area contributed by atoms with Crippen molar-refractivity contribution in [2.45, 2.75) is 41.4 Å². The molecule has 0 amide bonds. The summed E-state index contributed by atoms with van der Waals surface area (Å²) in [5.41, 5.74) is 6.89. The highest BCUT2D eigenvalue weighted by molar-refractivity contribution is 9.10. The Balaban J connectivity index is 2.26. The highest BCUT2D eigenvalue weighted by atomic mass is 79.9. The van der Waals surface area contributed by atoms with Crippen LogP contribution in [0.1, 0.15) is 37.3 Å². The van der Waals surface area contributed by atoms with Crippen molar-refractivity contribution in [1.29, 1.82) is 0 Å². The van der Waals surface area contributed by atoms with Crippen molar-refractivity contribution >= 4 is 25.8 Å². The first kappa shape index (κ1) is 11.7. The molecule has 0 saturated heterocycles. The quantitative estimate of drug-likeness (QED) is 0.800. The number of rotatable bonds is 0. The van der Waals surface area contributed by atoms with E-state index in [0.717, 1.165) is 29.3 Å². The largest absolute Gasteiger partial charge is 0.324 e. The van der Waals surface area contributed by atoms with Gasteiger partial charge in [0.15, 0.2) is 9.84 Å². The molecule has 2 N–H and O–H groups in total. The van der Waals surface area contributed by atoms with Crippen molar-refractivity contribution in [3.05, 3.63) is 28.2 Å². The first-order chi connectivity index (χ1) is 7.96. The predicted molar refractivity (Wildman–Crippen MR) is 69.5 cm³/mol. The third-order valence-electron chi connectivity index (χ3n) is 4.09. The molecule has 0 aromatic heterocycles. The summed E-state index contributed by atoms with van der Waals surface area (Å²) < 4.78 is 25.5. The number of fused-ring (bicyclic) bond motifs is 1. The van der Waals surface area contributed by atoms with Crippen LogP contribution in [-0.2, 0) is 9.84 Å². The normalized spacial score (nSPS) is 28.5. The number of halogens is 1. The summed E-state index contributed by atoms with van der Waals surface area (Å²) in [4.78, 5) is 0.435. The van der Waals surface area contributed by atoms with E-state index in [-0.39, 0.29) is 6.04 Å². The van der Waals surface area contributed by atoms with Crippen LogP contribution >= 0.6 is 15.9 Å². The van der Waals surface area contributed by atoms with E-state index >= 15 is 0 Å². The standard InChI is InChI=1S/C12H14BrNO2S/c13-8-2-3-9-10(14)7-12(4-1-5-12)17(15,16)11(9)6-8/h2-3,6,10H,1,4-5,7,14H2/t10-/m1/s1. The van der Waals surface area contributed by atoms with Gasteiger partial charge < -0.3 is 5.73 Å². The zero-order valence-electron chi connectivity index (χ0n) is 9.32. The maximum atomic E-state index is 12.6. The van der Waals surface area contributed by atoms with Crippen LogP contribution in [0.2, 0.25) is 0 Å². The summed E-state index contributed by atoms with van der Waals surface area (Å²) in [6.07, 6.45) is 3.09. The molecule has 3 nitrogen and oxygen atoms in total. The van der Waals surface area contributed by atoms with Crippen molar-refractivity contribution in [3.8, 4) is 0 Å². The highest BCUT2D eigenvalue weighted by Crippen LogP contribution is 2.52. The van der Waals surface area contributed by atoms with Gasteiger partial charge in [-0.2, -0.15) is 0 Å². The Kier molecular flexibility index (Phi) is 2.44. The molecule has 92 valence electrons. The summed E-state index contributed by atoms with van der Waals surface area (Å²) in [6, 6.07) is 5.23. The van der Waals surface area contributed by atoms with Crippen LogP contribution in [0.5, 0.6) is 0 Å². The first-order valence-electron chi connectivity index (χ1n) is 5.76. The Labute approximate surface area is 109 Å². The molecule has 1 saturated carbocycles. The van der Waals surface area contributed by atoms with Gasteiger partial charge >= 0.3 is 0 Å². The van der Waals surface area contributed by atoms with E-state index in [2.05, 4.69) is 15.9 Å². The molecule has 1 aliphatic carbocycles. The second-order valence-electron chi connectivity index (χ2n) is 5.03. The van der Waals surface area contributed by atoms with E-state index in [4.69, 9.17) is 5.73 Å². The van der Waals surface area contributed by atoms with Crippen LogP contribution in [0.4, 0.5) is 0 Å².